The summed E-state index contributed by atoms with van der Waals surface area (Å²) < 4.78 is 0. The summed E-state index contributed by atoms with van der Waals surface area (Å²) in [5.41, 5.74) is 0.354. The van der Waals surface area contributed by atoms with Gasteiger partial charge in [0.05, 0.1) is 0 Å². The lowest BCUT2D eigenvalue weighted by atomic mass is 10.2. The Hall–Kier alpha value is -1.64. The number of rotatable bonds is 3. The van der Waals surface area contributed by atoms with Crippen molar-refractivity contribution < 1.29 is 9.59 Å². The first-order chi connectivity index (χ1) is 6.04. The van der Waals surface area contributed by atoms with E-state index in [1.807, 2.05) is 0 Å². The lowest BCUT2D eigenvalue weighted by Gasteiger charge is -2.12. The molecule has 0 atom stereocenters. The molecule has 0 unspecified atom stereocenters. The SMILES string of the molecule is C=C/C=C(\C=C)C(=O)N(C)C(C)=O. The summed E-state index contributed by atoms with van der Waals surface area (Å²) in [6.45, 7) is 8.25. The first-order valence-electron chi connectivity index (χ1n) is 3.78. The van der Waals surface area contributed by atoms with Gasteiger partial charge in [-0.1, -0.05) is 31.4 Å². The molecule has 0 rings (SSSR count). The van der Waals surface area contributed by atoms with Crippen molar-refractivity contribution in [3.63, 3.8) is 0 Å². The molecule has 70 valence electrons. The van der Waals surface area contributed by atoms with Crippen LogP contribution in [0.4, 0.5) is 0 Å². The topological polar surface area (TPSA) is 37.4 Å². The van der Waals surface area contributed by atoms with Gasteiger partial charge in [0.2, 0.25) is 5.91 Å². The van der Waals surface area contributed by atoms with E-state index in [4.69, 9.17) is 0 Å². The van der Waals surface area contributed by atoms with Crippen molar-refractivity contribution >= 4 is 11.8 Å². The number of imide groups is 1. The molecule has 0 heterocycles. The highest BCUT2D eigenvalue weighted by molar-refractivity contribution is 6.05. The van der Waals surface area contributed by atoms with Crippen LogP contribution in [-0.4, -0.2) is 23.8 Å². The number of amides is 2. The molecule has 0 saturated heterocycles. The Labute approximate surface area is 78.0 Å². The van der Waals surface area contributed by atoms with Crippen molar-refractivity contribution in [1.82, 2.24) is 4.90 Å². The molecule has 0 aliphatic rings. The van der Waals surface area contributed by atoms with Crippen molar-refractivity contribution in [3.05, 3.63) is 37.0 Å². The molecule has 0 aliphatic carbocycles. The second kappa shape index (κ2) is 5.09. The molecule has 0 aliphatic heterocycles. The number of allylic oxidation sites excluding steroid dienone is 2. The second-order valence-corrected chi connectivity index (χ2v) is 2.45. The van der Waals surface area contributed by atoms with Gasteiger partial charge in [-0.25, -0.2) is 0 Å². The highest BCUT2D eigenvalue weighted by Crippen LogP contribution is 2.01. The van der Waals surface area contributed by atoms with Crippen LogP contribution in [0.1, 0.15) is 6.92 Å². The molecule has 3 heteroatoms. The van der Waals surface area contributed by atoms with Crippen LogP contribution < -0.4 is 0 Å². The molecule has 0 aromatic heterocycles. The summed E-state index contributed by atoms with van der Waals surface area (Å²) in [6, 6.07) is 0. The van der Waals surface area contributed by atoms with Gasteiger partial charge < -0.3 is 0 Å². The monoisotopic (exact) mass is 179 g/mol. The van der Waals surface area contributed by atoms with Crippen LogP contribution >= 0.6 is 0 Å². The molecule has 0 radical (unpaired) electrons. The Bertz CT molecular complexity index is 277. The maximum atomic E-state index is 11.4. The zero-order valence-electron chi connectivity index (χ0n) is 7.91. The average Bonchev–Trinajstić information content (AvgIpc) is 2.11. The van der Waals surface area contributed by atoms with Crippen LogP contribution in [0.5, 0.6) is 0 Å². The molecule has 0 bridgehead atoms. The highest BCUT2D eigenvalue weighted by Gasteiger charge is 2.14. The van der Waals surface area contributed by atoms with E-state index in [2.05, 4.69) is 13.2 Å². The third-order valence-electron chi connectivity index (χ3n) is 1.54. The second-order valence-electron chi connectivity index (χ2n) is 2.45. The van der Waals surface area contributed by atoms with E-state index >= 15 is 0 Å². The highest BCUT2D eigenvalue weighted by atomic mass is 16.2. The lowest BCUT2D eigenvalue weighted by molar-refractivity contribution is -0.139. The third-order valence-corrected chi connectivity index (χ3v) is 1.54. The number of carbonyl (C=O) groups excluding carboxylic acids is 2. The number of hydrogen-bond acceptors (Lipinski definition) is 2. The van der Waals surface area contributed by atoms with Gasteiger partial charge in [0.25, 0.3) is 5.91 Å². The average molecular weight is 179 g/mol. The van der Waals surface area contributed by atoms with Gasteiger partial charge in [-0.3, -0.25) is 14.5 Å². The van der Waals surface area contributed by atoms with Gasteiger partial charge in [-0.2, -0.15) is 0 Å². The molecule has 0 spiro atoms. The summed E-state index contributed by atoms with van der Waals surface area (Å²) in [6.07, 6.45) is 4.38. The largest absolute Gasteiger partial charge is 0.282 e. The van der Waals surface area contributed by atoms with Crippen molar-refractivity contribution in [2.24, 2.45) is 0 Å². The standard InChI is InChI=1S/C10H13NO2/c1-5-7-9(6-2)10(13)11(4)8(3)12/h5-7H,1-2H2,3-4H3/b9-7+. The Morgan fingerprint density at radius 2 is 1.85 bits per heavy atom. The molecule has 0 aromatic carbocycles. The lowest BCUT2D eigenvalue weighted by Crippen LogP contribution is -2.31. The fraction of sp³-hybridized carbons (Fsp3) is 0.200. The van der Waals surface area contributed by atoms with E-state index in [1.54, 1.807) is 0 Å². The Morgan fingerprint density at radius 3 is 2.15 bits per heavy atom. The maximum absolute atomic E-state index is 11.4. The minimum Gasteiger partial charge on any atom is -0.282 e. The van der Waals surface area contributed by atoms with E-state index in [0.29, 0.717) is 5.57 Å². The predicted molar refractivity (Wildman–Crippen MR) is 51.9 cm³/mol. The van der Waals surface area contributed by atoms with Gasteiger partial charge >= 0.3 is 0 Å². The Kier molecular flexibility index (Phi) is 4.44. The van der Waals surface area contributed by atoms with Crippen molar-refractivity contribution in [3.8, 4) is 0 Å². The van der Waals surface area contributed by atoms with Crippen molar-refractivity contribution in [2.45, 2.75) is 6.92 Å². The first kappa shape index (κ1) is 11.4. The molecule has 0 N–H and O–H groups in total. The van der Waals surface area contributed by atoms with E-state index in [9.17, 15) is 9.59 Å². The molecular formula is C10H13NO2. The number of carbonyl (C=O) groups is 2. The molecule has 2 amide bonds. The molecule has 0 fully saturated rings. The number of likely N-dealkylation sites (N-methyl/N-ethyl adjacent to an activating group) is 1. The van der Waals surface area contributed by atoms with Crippen LogP contribution in [0.3, 0.4) is 0 Å². The van der Waals surface area contributed by atoms with E-state index < -0.39 is 0 Å². The van der Waals surface area contributed by atoms with Crippen molar-refractivity contribution in [1.29, 1.82) is 0 Å². The van der Waals surface area contributed by atoms with Gasteiger partial charge in [0.1, 0.15) is 0 Å². The summed E-state index contributed by atoms with van der Waals surface area (Å²) in [4.78, 5) is 23.3. The van der Waals surface area contributed by atoms with Gasteiger partial charge in [-0.15, -0.1) is 0 Å². The van der Waals surface area contributed by atoms with Crippen LogP contribution in [0.25, 0.3) is 0 Å². The third kappa shape index (κ3) is 3.07. The van der Waals surface area contributed by atoms with Gasteiger partial charge in [-0.05, 0) is 0 Å². The van der Waals surface area contributed by atoms with E-state index in [-0.39, 0.29) is 11.8 Å². The summed E-state index contributed by atoms with van der Waals surface area (Å²) in [5, 5.41) is 0. The van der Waals surface area contributed by atoms with Crippen LogP contribution in [0.15, 0.2) is 37.0 Å². The van der Waals surface area contributed by atoms with Crippen LogP contribution in [-0.2, 0) is 9.59 Å². The first-order valence-corrected chi connectivity index (χ1v) is 3.78. The number of hydrogen-bond donors (Lipinski definition) is 0. The zero-order valence-corrected chi connectivity index (χ0v) is 7.91. The molecule has 13 heavy (non-hydrogen) atoms. The maximum Gasteiger partial charge on any atom is 0.260 e. The van der Waals surface area contributed by atoms with Gasteiger partial charge in [0, 0.05) is 19.5 Å². The van der Waals surface area contributed by atoms with Crippen LogP contribution in [0.2, 0.25) is 0 Å². The van der Waals surface area contributed by atoms with Gasteiger partial charge in [0.15, 0.2) is 0 Å². The minimum absolute atomic E-state index is 0.304. The molecule has 0 saturated carbocycles. The van der Waals surface area contributed by atoms with Crippen molar-refractivity contribution in [2.75, 3.05) is 7.05 Å². The molecule has 0 aromatic rings. The quantitative estimate of drug-likeness (QED) is 0.483. The fourth-order valence-corrected chi connectivity index (χ4v) is 0.690. The van der Waals surface area contributed by atoms with E-state index in [1.165, 1.54) is 32.2 Å². The summed E-state index contributed by atoms with van der Waals surface area (Å²) in [5.74, 6) is -0.677. The normalized spacial score (nSPS) is 10.5. The van der Waals surface area contributed by atoms with E-state index in [0.717, 1.165) is 4.90 Å². The Morgan fingerprint density at radius 1 is 1.31 bits per heavy atom. The van der Waals surface area contributed by atoms with Crippen LogP contribution in [0, 0.1) is 0 Å². The molecular weight excluding hydrogens is 166 g/mol. The molecule has 3 nitrogen and oxygen atoms in total. The Balaban J connectivity index is 4.75. The fourth-order valence-electron chi connectivity index (χ4n) is 0.690. The summed E-state index contributed by atoms with van der Waals surface area (Å²) >= 11 is 0. The zero-order chi connectivity index (χ0) is 10.4. The number of nitrogens with zero attached hydrogens (tertiary/aromatic N) is 1. The smallest absolute Gasteiger partial charge is 0.260 e. The minimum atomic E-state index is -0.373. The summed E-state index contributed by atoms with van der Waals surface area (Å²) in [7, 11) is 1.42. The predicted octanol–water partition coefficient (Wildman–Crippen LogP) is 1.29.